The maximum absolute atomic E-state index is 5.57. The van der Waals surface area contributed by atoms with Crippen molar-refractivity contribution in [3.8, 4) is 11.5 Å². The van der Waals surface area contributed by atoms with Crippen molar-refractivity contribution in [1.82, 2.24) is 9.97 Å². The Kier molecular flexibility index (Phi) is 6.56. The van der Waals surface area contributed by atoms with Crippen molar-refractivity contribution < 1.29 is 9.47 Å². The summed E-state index contributed by atoms with van der Waals surface area (Å²) in [5.74, 6) is 1.99. The van der Waals surface area contributed by atoms with Crippen LogP contribution in [0.3, 0.4) is 0 Å². The molecule has 0 N–H and O–H groups in total. The Bertz CT molecular complexity index is 1170. The van der Waals surface area contributed by atoms with Crippen molar-refractivity contribution in [2.45, 2.75) is 34.1 Å². The minimum absolute atomic E-state index is 0. The average molecular weight is 403 g/mol. The summed E-state index contributed by atoms with van der Waals surface area (Å²) in [7, 11) is 3.34. The second kappa shape index (κ2) is 9.12. The van der Waals surface area contributed by atoms with Crippen LogP contribution in [-0.2, 0) is 12.8 Å². The van der Waals surface area contributed by atoms with Crippen molar-refractivity contribution in [3.05, 3.63) is 71.7 Å². The molecule has 30 heavy (non-hydrogen) atoms. The number of fused-ring (bicyclic) bond motifs is 2. The summed E-state index contributed by atoms with van der Waals surface area (Å²) in [6.07, 6.45) is 5.64. The van der Waals surface area contributed by atoms with Crippen molar-refractivity contribution in [1.29, 1.82) is 0 Å². The van der Waals surface area contributed by atoms with E-state index in [1.807, 2.05) is 30.6 Å². The molecule has 0 unspecified atom stereocenters. The first kappa shape index (κ1) is 21.6. The topological polar surface area (TPSA) is 44.2 Å². The van der Waals surface area contributed by atoms with Crippen molar-refractivity contribution >= 4 is 21.7 Å². The normalized spacial score (nSPS) is 11.0. The molecule has 0 saturated carbocycles. The van der Waals surface area contributed by atoms with Gasteiger partial charge in [-0.2, -0.15) is 0 Å². The van der Waals surface area contributed by atoms with E-state index in [0.717, 1.165) is 62.8 Å². The molecule has 4 nitrogen and oxygen atoms in total. The summed E-state index contributed by atoms with van der Waals surface area (Å²) in [5, 5.41) is 3.43. The Balaban J connectivity index is 0.00000256. The number of benzene rings is 2. The minimum Gasteiger partial charge on any atom is -0.493 e. The van der Waals surface area contributed by atoms with Gasteiger partial charge in [0, 0.05) is 35.3 Å². The quantitative estimate of drug-likeness (QED) is 0.384. The van der Waals surface area contributed by atoms with E-state index < -0.39 is 0 Å². The first-order chi connectivity index (χ1) is 14.1. The van der Waals surface area contributed by atoms with Gasteiger partial charge in [-0.3, -0.25) is 9.97 Å². The van der Waals surface area contributed by atoms with Crippen LogP contribution in [0, 0.1) is 5.92 Å². The highest BCUT2D eigenvalue weighted by atomic mass is 16.5. The van der Waals surface area contributed by atoms with Gasteiger partial charge in [0.25, 0.3) is 0 Å². The molecule has 4 aromatic rings. The largest absolute Gasteiger partial charge is 0.493 e. The molecule has 2 heterocycles. The lowest BCUT2D eigenvalue weighted by Crippen LogP contribution is -2.02. The number of pyridine rings is 2. The molecule has 0 amide bonds. The molecule has 2 aromatic carbocycles. The lowest BCUT2D eigenvalue weighted by molar-refractivity contribution is 0.356. The van der Waals surface area contributed by atoms with E-state index in [1.54, 1.807) is 14.2 Å². The summed E-state index contributed by atoms with van der Waals surface area (Å²) >= 11 is 0. The predicted molar refractivity (Wildman–Crippen MR) is 125 cm³/mol. The Morgan fingerprint density at radius 1 is 0.867 bits per heavy atom. The molecule has 0 atom stereocenters. The minimum atomic E-state index is 0. The lowest BCUT2D eigenvalue weighted by atomic mass is 9.96. The molecule has 0 aliphatic heterocycles. The molecule has 0 fully saturated rings. The molecular formula is C26H30N2O2. The maximum Gasteiger partial charge on any atom is 0.161 e. The molecule has 0 spiro atoms. The van der Waals surface area contributed by atoms with Crippen LogP contribution in [0.4, 0.5) is 0 Å². The molecule has 4 rings (SSSR count). The van der Waals surface area contributed by atoms with E-state index in [1.165, 1.54) is 0 Å². The molecule has 0 saturated heterocycles. The van der Waals surface area contributed by atoms with Crippen molar-refractivity contribution in [3.63, 3.8) is 0 Å². The predicted octanol–water partition coefficient (Wildman–Crippen LogP) is 6.23. The highest BCUT2D eigenvalue weighted by Crippen LogP contribution is 2.36. The summed E-state index contributed by atoms with van der Waals surface area (Å²) < 4.78 is 11.1. The number of rotatable bonds is 6. The molecule has 0 radical (unpaired) electrons. The second-order valence-electron chi connectivity index (χ2n) is 7.79. The molecule has 0 aliphatic rings. The number of nitrogens with zero attached hydrogens (tertiary/aromatic N) is 2. The van der Waals surface area contributed by atoms with E-state index in [9.17, 15) is 0 Å². The first-order valence-corrected chi connectivity index (χ1v) is 9.95. The van der Waals surface area contributed by atoms with Gasteiger partial charge in [-0.1, -0.05) is 39.5 Å². The van der Waals surface area contributed by atoms with Gasteiger partial charge in [0.1, 0.15) is 0 Å². The Hall–Kier alpha value is -3.14. The van der Waals surface area contributed by atoms with Crippen LogP contribution in [0.1, 0.15) is 38.1 Å². The number of hydrogen-bond donors (Lipinski definition) is 0. The van der Waals surface area contributed by atoms with Crippen molar-refractivity contribution in [2.24, 2.45) is 5.92 Å². The average Bonchev–Trinajstić information content (AvgIpc) is 2.74. The van der Waals surface area contributed by atoms with Crippen LogP contribution in [0.2, 0.25) is 0 Å². The first-order valence-electron chi connectivity index (χ1n) is 9.95. The van der Waals surface area contributed by atoms with Crippen LogP contribution in [0.25, 0.3) is 21.7 Å². The van der Waals surface area contributed by atoms with Gasteiger partial charge < -0.3 is 9.47 Å². The highest BCUT2D eigenvalue weighted by Gasteiger charge is 2.15. The molecule has 2 aromatic heterocycles. The van der Waals surface area contributed by atoms with Crippen molar-refractivity contribution in [2.75, 3.05) is 14.2 Å². The number of para-hydroxylation sites is 1. The number of ether oxygens (including phenoxy) is 2. The highest BCUT2D eigenvalue weighted by molar-refractivity contribution is 5.91. The van der Waals surface area contributed by atoms with E-state index in [-0.39, 0.29) is 7.43 Å². The van der Waals surface area contributed by atoms with Crippen LogP contribution in [0.15, 0.2) is 54.9 Å². The van der Waals surface area contributed by atoms with Gasteiger partial charge >= 0.3 is 0 Å². The third kappa shape index (κ3) is 4.23. The van der Waals surface area contributed by atoms with Gasteiger partial charge in [-0.15, -0.1) is 0 Å². The molecule has 0 aliphatic carbocycles. The SMILES string of the molecule is C.COc1cc2c(Cc3cnc4ccccc4c3)cnc(CC(C)C)c2cc1OC. The van der Waals surface area contributed by atoms with E-state index in [4.69, 9.17) is 14.5 Å². The number of methoxy groups -OCH3 is 2. The fourth-order valence-electron chi connectivity index (χ4n) is 3.80. The summed E-state index contributed by atoms with van der Waals surface area (Å²) in [4.78, 5) is 9.43. The zero-order valence-electron chi connectivity index (χ0n) is 17.4. The third-order valence-electron chi connectivity index (χ3n) is 5.20. The fourth-order valence-corrected chi connectivity index (χ4v) is 3.80. The molecular weight excluding hydrogens is 372 g/mol. The Morgan fingerprint density at radius 3 is 2.27 bits per heavy atom. The van der Waals surface area contributed by atoms with Gasteiger partial charge in [0.2, 0.25) is 0 Å². The number of hydrogen-bond acceptors (Lipinski definition) is 4. The van der Waals surface area contributed by atoms with Crippen LogP contribution < -0.4 is 9.47 Å². The van der Waals surface area contributed by atoms with E-state index in [2.05, 4.69) is 43.1 Å². The third-order valence-corrected chi connectivity index (χ3v) is 5.20. The summed E-state index contributed by atoms with van der Waals surface area (Å²) in [6, 6.07) is 14.5. The van der Waals surface area contributed by atoms with Gasteiger partial charge in [-0.25, -0.2) is 0 Å². The smallest absolute Gasteiger partial charge is 0.161 e. The van der Waals surface area contributed by atoms with Crippen LogP contribution in [0.5, 0.6) is 11.5 Å². The lowest BCUT2D eigenvalue weighted by Gasteiger charge is -2.15. The molecule has 0 bridgehead atoms. The standard InChI is InChI=1S/C25H26N2O2.CH4/c1-16(2)9-23-21-13-25(29-4)24(28-3)12-20(21)19(15-27-23)11-17-10-18-7-5-6-8-22(18)26-14-17;/h5-8,10,12-16H,9,11H2,1-4H3;1H4. The number of aromatic nitrogens is 2. The summed E-state index contributed by atoms with van der Waals surface area (Å²) in [5.41, 5.74) is 4.43. The van der Waals surface area contributed by atoms with Gasteiger partial charge in [-0.05, 0) is 53.1 Å². The summed E-state index contributed by atoms with van der Waals surface area (Å²) in [6.45, 7) is 4.42. The van der Waals surface area contributed by atoms with E-state index >= 15 is 0 Å². The van der Waals surface area contributed by atoms with Crippen LogP contribution in [-0.4, -0.2) is 24.2 Å². The fraction of sp³-hybridized carbons (Fsp3) is 0.308. The van der Waals surface area contributed by atoms with E-state index in [0.29, 0.717) is 5.92 Å². The van der Waals surface area contributed by atoms with Gasteiger partial charge in [0.05, 0.1) is 19.7 Å². The molecule has 156 valence electrons. The zero-order valence-corrected chi connectivity index (χ0v) is 17.4. The van der Waals surface area contributed by atoms with Crippen LogP contribution >= 0.6 is 0 Å². The second-order valence-corrected chi connectivity index (χ2v) is 7.79. The monoisotopic (exact) mass is 402 g/mol. The maximum atomic E-state index is 5.57. The Labute approximate surface area is 178 Å². The molecule has 4 heteroatoms. The van der Waals surface area contributed by atoms with Gasteiger partial charge in [0.15, 0.2) is 11.5 Å². The Morgan fingerprint density at radius 2 is 1.57 bits per heavy atom. The zero-order chi connectivity index (χ0) is 20.4.